The highest BCUT2D eigenvalue weighted by atomic mass is 16.5. The minimum Gasteiger partial charge on any atom is -0.480 e. The van der Waals surface area contributed by atoms with Gasteiger partial charge in [-0.2, -0.15) is 0 Å². The molecule has 4 nitrogen and oxygen atoms in total. The van der Waals surface area contributed by atoms with Gasteiger partial charge in [-0.15, -0.1) is 10.2 Å². The first-order valence-electron chi connectivity index (χ1n) is 5.93. The van der Waals surface area contributed by atoms with Crippen LogP contribution in [0, 0.1) is 11.8 Å². The smallest absolute Gasteiger partial charge is 0.211 e. The minimum atomic E-state index is 0.235. The lowest BCUT2D eigenvalue weighted by molar-refractivity contribution is 0.297. The molecule has 94 valence electrons. The van der Waals surface area contributed by atoms with Crippen LogP contribution in [-0.2, 0) is 9.47 Å². The van der Waals surface area contributed by atoms with Crippen molar-refractivity contribution in [1.29, 1.82) is 0 Å². The van der Waals surface area contributed by atoms with Crippen molar-refractivity contribution in [2.45, 2.75) is 41.5 Å². The molecule has 0 saturated carbocycles. The van der Waals surface area contributed by atoms with Crippen molar-refractivity contribution in [3.63, 3.8) is 0 Å². The van der Waals surface area contributed by atoms with Crippen LogP contribution in [0.15, 0.2) is 10.2 Å². The van der Waals surface area contributed by atoms with Crippen LogP contribution in [0.3, 0.4) is 0 Å². The summed E-state index contributed by atoms with van der Waals surface area (Å²) in [7, 11) is 0. The molecule has 0 aromatic rings. The van der Waals surface area contributed by atoms with Crippen LogP contribution in [0.1, 0.15) is 41.5 Å². The van der Waals surface area contributed by atoms with E-state index in [2.05, 4.69) is 10.2 Å². The Bertz CT molecular complexity index is 219. The molecule has 0 fully saturated rings. The summed E-state index contributed by atoms with van der Waals surface area (Å²) in [6.07, 6.45) is 0. The third-order valence-corrected chi connectivity index (χ3v) is 1.82. The molecule has 0 amide bonds. The van der Waals surface area contributed by atoms with Crippen molar-refractivity contribution >= 4 is 11.8 Å². The second-order valence-electron chi connectivity index (χ2n) is 4.05. The second kappa shape index (κ2) is 8.13. The van der Waals surface area contributed by atoms with Crippen LogP contribution in [0.25, 0.3) is 0 Å². The zero-order valence-electron chi connectivity index (χ0n) is 11.3. The van der Waals surface area contributed by atoms with Crippen molar-refractivity contribution in [3.8, 4) is 0 Å². The van der Waals surface area contributed by atoms with Gasteiger partial charge in [-0.3, -0.25) is 0 Å². The molecule has 0 aromatic heterocycles. The first-order valence-corrected chi connectivity index (χ1v) is 5.93. The van der Waals surface area contributed by atoms with Gasteiger partial charge in [0.15, 0.2) is 0 Å². The van der Waals surface area contributed by atoms with Crippen LogP contribution in [0.5, 0.6) is 0 Å². The van der Waals surface area contributed by atoms with Gasteiger partial charge in [0.25, 0.3) is 0 Å². The van der Waals surface area contributed by atoms with E-state index in [4.69, 9.17) is 9.47 Å². The summed E-state index contributed by atoms with van der Waals surface area (Å²) in [5.41, 5.74) is 0. The largest absolute Gasteiger partial charge is 0.480 e. The molecule has 0 rings (SSSR count). The van der Waals surface area contributed by atoms with Crippen molar-refractivity contribution in [1.82, 2.24) is 0 Å². The van der Waals surface area contributed by atoms with Crippen molar-refractivity contribution < 1.29 is 9.47 Å². The number of hydrogen-bond acceptors (Lipinski definition) is 4. The summed E-state index contributed by atoms with van der Waals surface area (Å²) < 4.78 is 10.8. The molecule has 0 aromatic carbocycles. The molecular weight excluding hydrogens is 204 g/mol. The van der Waals surface area contributed by atoms with Crippen LogP contribution in [0.4, 0.5) is 0 Å². The van der Waals surface area contributed by atoms with Gasteiger partial charge in [0, 0.05) is 11.8 Å². The van der Waals surface area contributed by atoms with E-state index in [0.717, 1.165) is 0 Å². The maximum Gasteiger partial charge on any atom is 0.211 e. The second-order valence-corrected chi connectivity index (χ2v) is 4.05. The van der Waals surface area contributed by atoms with Gasteiger partial charge in [-0.05, 0) is 13.8 Å². The van der Waals surface area contributed by atoms with Crippen LogP contribution in [0.2, 0.25) is 0 Å². The van der Waals surface area contributed by atoms with Crippen molar-refractivity contribution in [3.05, 3.63) is 0 Å². The molecule has 0 aliphatic carbocycles. The van der Waals surface area contributed by atoms with Gasteiger partial charge in [0.05, 0.1) is 13.2 Å². The summed E-state index contributed by atoms with van der Waals surface area (Å²) in [4.78, 5) is 0. The summed E-state index contributed by atoms with van der Waals surface area (Å²) in [5.74, 6) is 1.78. The molecule has 0 radical (unpaired) electrons. The number of ether oxygens (including phenoxy) is 2. The third kappa shape index (κ3) is 5.73. The lowest BCUT2D eigenvalue weighted by Crippen LogP contribution is -2.15. The fourth-order valence-electron chi connectivity index (χ4n) is 1.02. The Labute approximate surface area is 98.7 Å². The lowest BCUT2D eigenvalue weighted by atomic mass is 10.2. The van der Waals surface area contributed by atoms with Crippen molar-refractivity contribution in [2.24, 2.45) is 22.0 Å². The Morgan fingerprint density at radius 1 is 0.812 bits per heavy atom. The fourth-order valence-corrected chi connectivity index (χ4v) is 1.02. The topological polar surface area (TPSA) is 43.2 Å². The molecule has 4 heteroatoms. The third-order valence-electron chi connectivity index (χ3n) is 1.82. The summed E-state index contributed by atoms with van der Waals surface area (Å²) >= 11 is 0. The molecule has 16 heavy (non-hydrogen) atoms. The van der Waals surface area contributed by atoms with Gasteiger partial charge in [0.2, 0.25) is 11.8 Å². The average molecular weight is 228 g/mol. The van der Waals surface area contributed by atoms with Crippen LogP contribution < -0.4 is 0 Å². The molecule has 0 N–H and O–H groups in total. The van der Waals surface area contributed by atoms with Gasteiger partial charge >= 0.3 is 0 Å². The molecule has 0 spiro atoms. The summed E-state index contributed by atoms with van der Waals surface area (Å²) in [6, 6.07) is 0. The molecule has 0 saturated heterocycles. The standard InChI is InChI=1S/C12H24N2O2/c1-7-15-11(9(3)4)13-14-12(10(5)6)16-8-2/h9-10H,7-8H2,1-6H3/b13-11-,14-12+. The van der Waals surface area contributed by atoms with E-state index in [-0.39, 0.29) is 11.8 Å². The normalized spacial score (nSPS) is 13.5. The van der Waals surface area contributed by atoms with Gasteiger partial charge < -0.3 is 9.47 Å². The van der Waals surface area contributed by atoms with Gasteiger partial charge in [-0.1, -0.05) is 27.7 Å². The Morgan fingerprint density at radius 3 is 1.31 bits per heavy atom. The van der Waals surface area contributed by atoms with E-state index in [1.54, 1.807) is 0 Å². The Kier molecular flexibility index (Phi) is 7.60. The van der Waals surface area contributed by atoms with E-state index in [1.165, 1.54) is 0 Å². The quantitative estimate of drug-likeness (QED) is 0.412. The van der Waals surface area contributed by atoms with E-state index in [9.17, 15) is 0 Å². The Hall–Kier alpha value is -1.06. The summed E-state index contributed by atoms with van der Waals surface area (Å²) in [6.45, 7) is 13.2. The van der Waals surface area contributed by atoms with Crippen molar-refractivity contribution in [2.75, 3.05) is 13.2 Å². The lowest BCUT2D eigenvalue weighted by Gasteiger charge is -2.11. The van der Waals surface area contributed by atoms with E-state index < -0.39 is 0 Å². The monoisotopic (exact) mass is 228 g/mol. The van der Waals surface area contributed by atoms with Gasteiger partial charge in [0.1, 0.15) is 0 Å². The molecule has 0 heterocycles. The SMILES string of the molecule is CCO/C(=N\N=C(\OCC)C(C)C)C(C)C. The molecule has 0 aliphatic heterocycles. The average Bonchev–Trinajstić information content (AvgIpc) is 2.21. The number of nitrogens with zero attached hydrogens (tertiary/aromatic N) is 2. The number of hydrogen-bond donors (Lipinski definition) is 0. The molecule has 0 unspecified atom stereocenters. The highest BCUT2D eigenvalue weighted by Gasteiger charge is 2.08. The van der Waals surface area contributed by atoms with Crippen LogP contribution >= 0.6 is 0 Å². The van der Waals surface area contributed by atoms with E-state index >= 15 is 0 Å². The maximum absolute atomic E-state index is 5.40. The highest BCUT2D eigenvalue weighted by molar-refractivity contribution is 5.81. The number of rotatable bonds is 5. The maximum atomic E-state index is 5.40. The predicted octanol–water partition coefficient (Wildman–Crippen LogP) is 3.08. The first-order chi connectivity index (χ1) is 7.52. The van der Waals surface area contributed by atoms with Crippen LogP contribution in [-0.4, -0.2) is 25.0 Å². The summed E-state index contributed by atoms with van der Waals surface area (Å²) in [5, 5.41) is 8.22. The van der Waals surface area contributed by atoms with E-state index in [1.807, 2.05) is 41.5 Å². The Balaban J connectivity index is 4.72. The zero-order valence-corrected chi connectivity index (χ0v) is 11.3. The highest BCUT2D eigenvalue weighted by Crippen LogP contribution is 2.03. The van der Waals surface area contributed by atoms with Gasteiger partial charge in [-0.25, -0.2) is 0 Å². The minimum absolute atomic E-state index is 0.235. The Morgan fingerprint density at radius 2 is 1.12 bits per heavy atom. The van der Waals surface area contributed by atoms with E-state index in [0.29, 0.717) is 25.0 Å². The molecule has 0 atom stereocenters. The fraction of sp³-hybridized carbons (Fsp3) is 0.833. The zero-order chi connectivity index (χ0) is 12.6. The molecule has 0 bridgehead atoms. The predicted molar refractivity (Wildman–Crippen MR) is 67.8 cm³/mol. The molecular formula is C12H24N2O2. The first kappa shape index (κ1) is 14.9. The molecule has 0 aliphatic rings.